The molecule has 0 bridgehead atoms. The van der Waals surface area contributed by atoms with E-state index in [4.69, 9.17) is 4.74 Å². The third kappa shape index (κ3) is 5.35. The Kier molecular flexibility index (Phi) is 7.41. The van der Waals surface area contributed by atoms with Gasteiger partial charge in [0.25, 0.3) is 0 Å². The first kappa shape index (κ1) is 24.3. The van der Waals surface area contributed by atoms with Gasteiger partial charge in [0.15, 0.2) is 0 Å². The van der Waals surface area contributed by atoms with Crippen molar-refractivity contribution in [2.75, 3.05) is 6.61 Å². The minimum absolute atomic E-state index is 0.0871. The molecule has 0 fully saturated rings. The molecule has 176 valence electrons. The van der Waals surface area contributed by atoms with Crippen molar-refractivity contribution < 1.29 is 24.2 Å². The zero-order valence-corrected chi connectivity index (χ0v) is 19.6. The number of alkyl carbamates (subject to hydrolysis) is 1. The van der Waals surface area contributed by atoms with Gasteiger partial charge in [0.2, 0.25) is 5.91 Å². The van der Waals surface area contributed by atoms with Gasteiger partial charge in [-0.3, -0.25) is 4.79 Å². The number of benzene rings is 2. The highest BCUT2D eigenvalue weighted by Crippen LogP contribution is 2.44. The van der Waals surface area contributed by atoms with Crippen LogP contribution in [0, 0.1) is 5.92 Å². The zero-order chi connectivity index (χ0) is 24.2. The summed E-state index contributed by atoms with van der Waals surface area (Å²) in [7, 11) is 0. The molecule has 3 rings (SSSR count). The molecule has 0 saturated heterocycles. The van der Waals surface area contributed by atoms with Gasteiger partial charge in [-0.05, 0) is 47.9 Å². The minimum atomic E-state index is -1.41. The molecule has 0 saturated carbocycles. The Bertz CT molecular complexity index is 989. The first-order chi connectivity index (χ1) is 15.7. The summed E-state index contributed by atoms with van der Waals surface area (Å²) in [6.45, 7) is 7.13. The smallest absolute Gasteiger partial charge is 0.407 e. The predicted molar refractivity (Wildman–Crippen MR) is 126 cm³/mol. The summed E-state index contributed by atoms with van der Waals surface area (Å²) in [4.78, 5) is 37.1. The number of carbonyl (C=O) groups is 3. The lowest BCUT2D eigenvalue weighted by Crippen LogP contribution is -2.57. The van der Waals surface area contributed by atoms with Crippen LogP contribution in [0.1, 0.15) is 57.6 Å². The maximum absolute atomic E-state index is 12.8. The third-order valence-corrected chi connectivity index (χ3v) is 6.24. The van der Waals surface area contributed by atoms with E-state index in [2.05, 4.69) is 22.8 Å². The van der Waals surface area contributed by atoms with Crippen LogP contribution in [0.5, 0.6) is 0 Å². The number of fused-ring (bicyclic) bond motifs is 3. The number of carboxylic acids is 1. The number of hydrogen-bond donors (Lipinski definition) is 3. The lowest BCUT2D eigenvalue weighted by molar-refractivity contribution is -0.147. The number of nitrogens with one attached hydrogen (secondary N) is 2. The first-order valence-corrected chi connectivity index (χ1v) is 11.3. The summed E-state index contributed by atoms with van der Waals surface area (Å²) < 4.78 is 5.56. The largest absolute Gasteiger partial charge is 0.480 e. The Labute approximate surface area is 194 Å². The normalized spacial score (nSPS) is 15.2. The average Bonchev–Trinajstić information content (AvgIpc) is 3.10. The van der Waals surface area contributed by atoms with Crippen LogP contribution in [-0.2, 0) is 14.3 Å². The van der Waals surface area contributed by atoms with Crippen molar-refractivity contribution in [1.29, 1.82) is 0 Å². The average molecular weight is 453 g/mol. The van der Waals surface area contributed by atoms with Crippen LogP contribution in [0.3, 0.4) is 0 Å². The fourth-order valence-electron chi connectivity index (χ4n) is 4.14. The second-order valence-electron chi connectivity index (χ2n) is 9.13. The van der Waals surface area contributed by atoms with E-state index < -0.39 is 29.6 Å². The maximum atomic E-state index is 12.8. The van der Waals surface area contributed by atoms with Gasteiger partial charge in [0.1, 0.15) is 18.2 Å². The highest BCUT2D eigenvalue weighted by Gasteiger charge is 2.36. The number of ether oxygens (including phenoxy) is 1. The summed E-state index contributed by atoms with van der Waals surface area (Å²) in [6.07, 6.45) is -0.130. The van der Waals surface area contributed by atoms with Crippen LogP contribution >= 0.6 is 0 Å². The molecule has 2 aromatic carbocycles. The number of carboxylic acid groups (broad SMARTS) is 1. The molecule has 2 unspecified atom stereocenters. The Balaban J connectivity index is 1.69. The Morgan fingerprint density at radius 1 is 1.03 bits per heavy atom. The van der Waals surface area contributed by atoms with Crippen LogP contribution in [0.4, 0.5) is 4.79 Å². The molecule has 33 heavy (non-hydrogen) atoms. The molecule has 7 heteroatoms. The SMILES string of the molecule is CCC(C)(NC(=O)C(CC(C)C)NC(=O)OCC1c2ccccc2-c2ccccc21)C(=O)O. The van der Waals surface area contributed by atoms with Crippen molar-refractivity contribution in [2.24, 2.45) is 5.92 Å². The molecule has 0 radical (unpaired) electrons. The molecule has 7 nitrogen and oxygen atoms in total. The van der Waals surface area contributed by atoms with E-state index in [1.54, 1.807) is 6.92 Å². The quantitative estimate of drug-likeness (QED) is 0.526. The summed E-state index contributed by atoms with van der Waals surface area (Å²) in [6, 6.07) is 15.2. The lowest BCUT2D eigenvalue weighted by Gasteiger charge is -2.28. The number of amides is 2. The summed E-state index contributed by atoms with van der Waals surface area (Å²) in [5.41, 5.74) is 3.06. The van der Waals surface area contributed by atoms with E-state index in [9.17, 15) is 19.5 Å². The molecule has 1 aliphatic rings. The van der Waals surface area contributed by atoms with Gasteiger partial charge in [-0.2, -0.15) is 0 Å². The zero-order valence-electron chi connectivity index (χ0n) is 19.6. The van der Waals surface area contributed by atoms with Crippen molar-refractivity contribution in [2.45, 2.75) is 58.0 Å². The molecular formula is C26H32N2O5. The molecule has 0 aromatic heterocycles. The van der Waals surface area contributed by atoms with Gasteiger partial charge in [-0.1, -0.05) is 69.3 Å². The van der Waals surface area contributed by atoms with Gasteiger partial charge >= 0.3 is 12.1 Å². The van der Waals surface area contributed by atoms with Gasteiger partial charge in [0, 0.05) is 5.92 Å². The van der Waals surface area contributed by atoms with Crippen molar-refractivity contribution in [1.82, 2.24) is 10.6 Å². The first-order valence-electron chi connectivity index (χ1n) is 11.3. The topological polar surface area (TPSA) is 105 Å². The molecule has 0 spiro atoms. The molecular weight excluding hydrogens is 420 g/mol. The fraction of sp³-hybridized carbons (Fsp3) is 0.423. The minimum Gasteiger partial charge on any atom is -0.480 e. The standard InChI is InChI=1S/C26H32N2O5/c1-5-26(4,24(30)31)28-23(29)22(14-16(2)3)27-25(32)33-15-21-19-12-8-6-10-17(19)18-11-7-9-13-20(18)21/h6-13,16,21-22H,5,14-15H2,1-4H3,(H,27,32)(H,28,29)(H,30,31). The fourth-order valence-corrected chi connectivity index (χ4v) is 4.14. The van der Waals surface area contributed by atoms with Gasteiger partial charge in [0.05, 0.1) is 0 Å². The Hall–Kier alpha value is -3.35. The molecule has 3 N–H and O–H groups in total. The maximum Gasteiger partial charge on any atom is 0.407 e. The summed E-state index contributed by atoms with van der Waals surface area (Å²) >= 11 is 0. The number of aliphatic carboxylic acids is 1. The van der Waals surface area contributed by atoms with Crippen LogP contribution in [-0.4, -0.2) is 41.3 Å². The van der Waals surface area contributed by atoms with Crippen LogP contribution < -0.4 is 10.6 Å². The molecule has 2 atom stereocenters. The Morgan fingerprint density at radius 3 is 2.06 bits per heavy atom. The molecule has 1 aliphatic carbocycles. The molecule has 0 aliphatic heterocycles. The van der Waals surface area contributed by atoms with Gasteiger partial charge in [-0.25, -0.2) is 9.59 Å². The molecule has 2 aromatic rings. The summed E-state index contributed by atoms with van der Waals surface area (Å²) in [5, 5.41) is 14.7. The van der Waals surface area contributed by atoms with E-state index in [1.807, 2.05) is 50.2 Å². The van der Waals surface area contributed by atoms with Crippen LogP contribution in [0.15, 0.2) is 48.5 Å². The van der Waals surface area contributed by atoms with E-state index in [0.717, 1.165) is 22.3 Å². The van der Waals surface area contributed by atoms with Crippen molar-refractivity contribution in [3.8, 4) is 11.1 Å². The van der Waals surface area contributed by atoms with Crippen molar-refractivity contribution >= 4 is 18.0 Å². The van der Waals surface area contributed by atoms with E-state index in [1.165, 1.54) is 6.92 Å². The molecule has 2 amide bonds. The Morgan fingerprint density at radius 2 is 1.58 bits per heavy atom. The van der Waals surface area contributed by atoms with Crippen molar-refractivity contribution in [3.05, 3.63) is 59.7 Å². The predicted octanol–water partition coefficient (Wildman–Crippen LogP) is 4.31. The van der Waals surface area contributed by atoms with Gasteiger partial charge in [-0.15, -0.1) is 0 Å². The van der Waals surface area contributed by atoms with Crippen molar-refractivity contribution in [3.63, 3.8) is 0 Å². The lowest BCUT2D eigenvalue weighted by atomic mass is 9.97. The van der Waals surface area contributed by atoms with Crippen LogP contribution in [0.2, 0.25) is 0 Å². The van der Waals surface area contributed by atoms with E-state index in [-0.39, 0.29) is 24.9 Å². The third-order valence-electron chi connectivity index (χ3n) is 6.24. The highest BCUT2D eigenvalue weighted by molar-refractivity contribution is 5.91. The van der Waals surface area contributed by atoms with E-state index in [0.29, 0.717) is 6.42 Å². The molecule has 0 heterocycles. The number of hydrogen-bond acceptors (Lipinski definition) is 4. The number of carbonyl (C=O) groups excluding carboxylic acids is 2. The summed E-state index contributed by atoms with van der Waals surface area (Å²) in [5.74, 6) is -1.64. The second kappa shape index (κ2) is 10.1. The second-order valence-corrected chi connectivity index (χ2v) is 9.13. The number of rotatable bonds is 9. The highest BCUT2D eigenvalue weighted by atomic mass is 16.5. The van der Waals surface area contributed by atoms with Crippen LogP contribution in [0.25, 0.3) is 11.1 Å². The van der Waals surface area contributed by atoms with E-state index >= 15 is 0 Å². The monoisotopic (exact) mass is 452 g/mol. The van der Waals surface area contributed by atoms with Gasteiger partial charge < -0.3 is 20.5 Å².